The highest BCUT2D eigenvalue weighted by molar-refractivity contribution is 7.13. The number of carbonyl (C=O) groups is 1. The lowest BCUT2D eigenvalue weighted by Crippen LogP contribution is -2.37. The maximum atomic E-state index is 11.8. The van der Waals surface area contributed by atoms with E-state index < -0.39 is 6.29 Å². The Labute approximate surface area is 112 Å². The number of carbonyl (C=O) groups excluding carboxylic acids is 1. The van der Waals surface area contributed by atoms with Crippen molar-refractivity contribution in [3.05, 3.63) is 17.5 Å². The SMILES string of the molecule is O=C1CC(n2nnnc2-c2cccs2)C2COC1O2. The Balaban J connectivity index is 1.73. The zero-order chi connectivity index (χ0) is 12.8. The lowest BCUT2D eigenvalue weighted by Gasteiger charge is -2.26. The first-order valence-corrected chi connectivity index (χ1v) is 6.82. The van der Waals surface area contributed by atoms with Crippen molar-refractivity contribution in [1.29, 1.82) is 0 Å². The molecular formula is C11H10N4O3S. The molecule has 0 aliphatic carbocycles. The monoisotopic (exact) mass is 278 g/mol. The van der Waals surface area contributed by atoms with Gasteiger partial charge in [-0.15, -0.1) is 16.4 Å². The number of hydrogen-bond donors (Lipinski definition) is 0. The van der Waals surface area contributed by atoms with Crippen LogP contribution in [0.5, 0.6) is 0 Å². The molecule has 4 rings (SSSR count). The van der Waals surface area contributed by atoms with Gasteiger partial charge in [-0.1, -0.05) is 6.07 Å². The summed E-state index contributed by atoms with van der Waals surface area (Å²) in [6.45, 7) is 0.408. The fourth-order valence-corrected chi connectivity index (χ4v) is 3.15. The van der Waals surface area contributed by atoms with Crippen LogP contribution in [0.3, 0.4) is 0 Å². The Morgan fingerprint density at radius 3 is 3.26 bits per heavy atom. The number of aromatic nitrogens is 4. The standard InChI is InChI=1S/C11H10N4O3S/c16-7-4-6(8-5-17-11(7)18-8)15-10(12-13-14-15)9-2-1-3-19-9/h1-3,6,8,11H,4-5H2. The van der Waals surface area contributed by atoms with Crippen molar-refractivity contribution < 1.29 is 14.3 Å². The molecule has 3 unspecified atom stereocenters. The molecule has 2 aromatic rings. The number of thiophene rings is 1. The predicted octanol–water partition coefficient (Wildman–Crippen LogP) is 0.657. The fraction of sp³-hybridized carbons (Fsp3) is 0.455. The molecule has 0 amide bonds. The lowest BCUT2D eigenvalue weighted by atomic mass is 10.0. The predicted molar refractivity (Wildman–Crippen MR) is 64.4 cm³/mol. The number of tetrazole rings is 1. The minimum absolute atomic E-state index is 0.0496. The van der Waals surface area contributed by atoms with Gasteiger partial charge in [-0.25, -0.2) is 4.68 Å². The molecule has 2 aliphatic rings. The molecule has 8 heteroatoms. The molecule has 0 spiro atoms. The summed E-state index contributed by atoms with van der Waals surface area (Å²) < 4.78 is 12.5. The van der Waals surface area contributed by atoms with Crippen molar-refractivity contribution in [3.8, 4) is 10.7 Å². The van der Waals surface area contributed by atoms with Gasteiger partial charge in [0.25, 0.3) is 0 Å². The second kappa shape index (κ2) is 4.19. The molecule has 3 atom stereocenters. The normalized spacial score (nSPS) is 29.9. The first-order valence-electron chi connectivity index (χ1n) is 5.94. The van der Waals surface area contributed by atoms with E-state index in [1.165, 1.54) is 0 Å². The quantitative estimate of drug-likeness (QED) is 0.802. The molecule has 0 saturated carbocycles. The molecule has 19 heavy (non-hydrogen) atoms. The van der Waals surface area contributed by atoms with Crippen molar-refractivity contribution in [2.45, 2.75) is 24.9 Å². The first-order chi connectivity index (χ1) is 9.33. The minimum atomic E-state index is -0.692. The molecule has 0 aromatic carbocycles. The molecule has 98 valence electrons. The highest BCUT2D eigenvalue weighted by atomic mass is 32.1. The van der Waals surface area contributed by atoms with Crippen LogP contribution >= 0.6 is 11.3 Å². The number of fused-ring (bicyclic) bond motifs is 2. The second-order valence-electron chi connectivity index (χ2n) is 4.50. The van der Waals surface area contributed by atoms with Gasteiger partial charge in [0.05, 0.1) is 17.5 Å². The summed E-state index contributed by atoms with van der Waals surface area (Å²) in [5.74, 6) is 0.619. The van der Waals surface area contributed by atoms with Gasteiger partial charge >= 0.3 is 0 Å². The van der Waals surface area contributed by atoms with Crippen LogP contribution in [0.25, 0.3) is 10.7 Å². The third kappa shape index (κ3) is 1.71. The van der Waals surface area contributed by atoms with Crippen LogP contribution < -0.4 is 0 Å². The van der Waals surface area contributed by atoms with Crippen molar-refractivity contribution >= 4 is 17.1 Å². The van der Waals surface area contributed by atoms with Crippen LogP contribution in [0.1, 0.15) is 12.5 Å². The fourth-order valence-electron chi connectivity index (χ4n) is 2.45. The van der Waals surface area contributed by atoms with Gasteiger partial charge in [0, 0.05) is 6.42 Å². The summed E-state index contributed by atoms with van der Waals surface area (Å²) in [5.41, 5.74) is 0. The Bertz CT molecular complexity index is 611. The van der Waals surface area contributed by atoms with Crippen molar-refractivity contribution in [2.24, 2.45) is 0 Å². The smallest absolute Gasteiger partial charge is 0.218 e. The molecule has 2 aromatic heterocycles. The van der Waals surface area contributed by atoms with Crippen LogP contribution in [-0.2, 0) is 14.3 Å². The largest absolute Gasteiger partial charge is 0.343 e. The molecule has 2 bridgehead atoms. The average molecular weight is 278 g/mol. The summed E-state index contributed by atoms with van der Waals surface area (Å²) in [7, 11) is 0. The van der Waals surface area contributed by atoms with Gasteiger partial charge in [0.15, 0.2) is 11.6 Å². The van der Waals surface area contributed by atoms with E-state index in [4.69, 9.17) is 9.47 Å². The topological polar surface area (TPSA) is 79.1 Å². The summed E-state index contributed by atoms with van der Waals surface area (Å²) in [4.78, 5) is 12.8. The Kier molecular flexibility index (Phi) is 2.47. The summed E-state index contributed by atoms with van der Waals surface area (Å²) in [5, 5.41) is 13.8. The van der Waals surface area contributed by atoms with Crippen LogP contribution in [-0.4, -0.2) is 45.0 Å². The maximum absolute atomic E-state index is 11.8. The molecule has 7 nitrogen and oxygen atoms in total. The van der Waals surface area contributed by atoms with E-state index >= 15 is 0 Å². The van der Waals surface area contributed by atoms with Crippen LogP contribution in [0.15, 0.2) is 17.5 Å². The van der Waals surface area contributed by atoms with Crippen molar-refractivity contribution in [3.63, 3.8) is 0 Å². The Morgan fingerprint density at radius 2 is 2.42 bits per heavy atom. The third-order valence-electron chi connectivity index (χ3n) is 3.36. The summed E-state index contributed by atoms with van der Waals surface area (Å²) >= 11 is 1.56. The van der Waals surface area contributed by atoms with E-state index in [2.05, 4.69) is 15.5 Å². The average Bonchev–Trinajstić information content (AvgIpc) is 3.14. The molecule has 0 N–H and O–H groups in total. The lowest BCUT2D eigenvalue weighted by molar-refractivity contribution is -0.156. The van der Waals surface area contributed by atoms with Crippen LogP contribution in [0.4, 0.5) is 0 Å². The van der Waals surface area contributed by atoms with Crippen molar-refractivity contribution in [1.82, 2.24) is 20.2 Å². The van der Waals surface area contributed by atoms with E-state index in [1.807, 2.05) is 17.5 Å². The summed E-state index contributed by atoms with van der Waals surface area (Å²) in [6, 6.07) is 3.70. The number of Topliss-reactive ketones (excluding diaryl/α,β-unsaturated/α-hetero) is 1. The highest BCUT2D eigenvalue weighted by Crippen LogP contribution is 2.35. The zero-order valence-corrected chi connectivity index (χ0v) is 10.6. The van der Waals surface area contributed by atoms with Crippen LogP contribution in [0, 0.1) is 0 Å². The minimum Gasteiger partial charge on any atom is -0.343 e. The van der Waals surface area contributed by atoms with E-state index in [9.17, 15) is 4.79 Å². The number of nitrogens with zero attached hydrogens (tertiary/aromatic N) is 4. The highest BCUT2D eigenvalue weighted by Gasteiger charge is 2.45. The maximum Gasteiger partial charge on any atom is 0.218 e. The van der Waals surface area contributed by atoms with E-state index in [1.54, 1.807) is 16.0 Å². The number of ether oxygens (including phenoxy) is 2. The Morgan fingerprint density at radius 1 is 1.47 bits per heavy atom. The molecule has 4 heterocycles. The Hall–Kier alpha value is -1.64. The molecule has 2 fully saturated rings. The van der Waals surface area contributed by atoms with Gasteiger partial charge in [-0.3, -0.25) is 4.79 Å². The van der Waals surface area contributed by atoms with E-state index in [0.717, 1.165) is 4.88 Å². The van der Waals surface area contributed by atoms with Gasteiger partial charge in [-0.2, -0.15) is 0 Å². The second-order valence-corrected chi connectivity index (χ2v) is 5.45. The third-order valence-corrected chi connectivity index (χ3v) is 4.23. The molecule has 2 saturated heterocycles. The van der Waals surface area contributed by atoms with Gasteiger partial charge < -0.3 is 9.47 Å². The van der Waals surface area contributed by atoms with E-state index in [0.29, 0.717) is 18.9 Å². The summed E-state index contributed by atoms with van der Waals surface area (Å²) in [6.07, 6.45) is -0.508. The first kappa shape index (κ1) is 11.2. The van der Waals surface area contributed by atoms with Crippen molar-refractivity contribution in [2.75, 3.05) is 6.61 Å². The number of hydrogen-bond acceptors (Lipinski definition) is 7. The van der Waals surface area contributed by atoms with Gasteiger partial charge in [-0.05, 0) is 21.9 Å². The molecule has 2 aliphatic heterocycles. The molecular weight excluding hydrogens is 268 g/mol. The number of ketones is 1. The zero-order valence-electron chi connectivity index (χ0n) is 9.80. The molecule has 0 radical (unpaired) electrons. The van der Waals surface area contributed by atoms with Crippen LogP contribution in [0.2, 0.25) is 0 Å². The van der Waals surface area contributed by atoms with Gasteiger partial charge in [0.2, 0.25) is 6.29 Å². The van der Waals surface area contributed by atoms with Gasteiger partial charge in [0.1, 0.15) is 6.10 Å². The van der Waals surface area contributed by atoms with E-state index in [-0.39, 0.29) is 17.9 Å². The number of rotatable bonds is 2.